The molecule has 3 heteroatoms. The van der Waals surface area contributed by atoms with Crippen molar-refractivity contribution in [1.82, 2.24) is 4.98 Å². The van der Waals surface area contributed by atoms with Crippen molar-refractivity contribution in [3.63, 3.8) is 0 Å². The maximum Gasteiger partial charge on any atom is 0.128 e. The van der Waals surface area contributed by atoms with E-state index >= 15 is 0 Å². The van der Waals surface area contributed by atoms with Gasteiger partial charge in [-0.05, 0) is 30.5 Å². The summed E-state index contributed by atoms with van der Waals surface area (Å²) in [5, 5.41) is 9.05. The standard InChI is InChI=1S/C12H20N2O/c1-4-11(5-2)14(3)12-8-10(9-15)6-7-13-12/h6-8,11,15H,4-5,9H2,1-3H3. The number of nitrogens with zero attached hydrogens (tertiary/aromatic N) is 2. The van der Waals surface area contributed by atoms with Crippen molar-refractivity contribution >= 4 is 5.82 Å². The van der Waals surface area contributed by atoms with Crippen molar-refractivity contribution in [2.75, 3.05) is 11.9 Å². The van der Waals surface area contributed by atoms with Gasteiger partial charge in [0.2, 0.25) is 0 Å². The van der Waals surface area contributed by atoms with Crippen LogP contribution in [0, 0.1) is 0 Å². The van der Waals surface area contributed by atoms with E-state index in [2.05, 4.69) is 30.8 Å². The normalized spacial score (nSPS) is 10.7. The van der Waals surface area contributed by atoms with E-state index in [1.54, 1.807) is 6.20 Å². The molecule has 1 aromatic heterocycles. The highest BCUT2D eigenvalue weighted by Crippen LogP contribution is 2.17. The summed E-state index contributed by atoms with van der Waals surface area (Å²) in [5.41, 5.74) is 0.915. The number of aliphatic hydroxyl groups is 1. The second-order valence-electron chi connectivity index (χ2n) is 3.76. The molecule has 0 unspecified atom stereocenters. The fourth-order valence-electron chi connectivity index (χ4n) is 1.78. The lowest BCUT2D eigenvalue weighted by atomic mass is 10.1. The maximum atomic E-state index is 9.05. The van der Waals surface area contributed by atoms with Gasteiger partial charge in [0.05, 0.1) is 6.61 Å². The Morgan fingerprint density at radius 1 is 1.40 bits per heavy atom. The van der Waals surface area contributed by atoms with Crippen molar-refractivity contribution < 1.29 is 5.11 Å². The first kappa shape index (κ1) is 12.0. The molecule has 15 heavy (non-hydrogen) atoms. The summed E-state index contributed by atoms with van der Waals surface area (Å²) in [6, 6.07) is 4.30. The topological polar surface area (TPSA) is 36.4 Å². The Kier molecular flexibility index (Phi) is 4.56. The van der Waals surface area contributed by atoms with Gasteiger partial charge in [0.25, 0.3) is 0 Å². The molecule has 3 nitrogen and oxygen atoms in total. The zero-order valence-corrected chi connectivity index (χ0v) is 9.77. The Hall–Kier alpha value is -1.09. The molecular formula is C12H20N2O. The van der Waals surface area contributed by atoms with Crippen LogP contribution in [-0.2, 0) is 6.61 Å². The smallest absolute Gasteiger partial charge is 0.128 e. The highest BCUT2D eigenvalue weighted by atomic mass is 16.3. The number of rotatable bonds is 5. The third kappa shape index (κ3) is 2.93. The Labute approximate surface area is 91.8 Å². The zero-order chi connectivity index (χ0) is 11.3. The molecular weight excluding hydrogens is 188 g/mol. The van der Waals surface area contributed by atoms with E-state index < -0.39 is 0 Å². The predicted molar refractivity (Wildman–Crippen MR) is 62.9 cm³/mol. The monoisotopic (exact) mass is 208 g/mol. The average Bonchev–Trinajstić information content (AvgIpc) is 2.30. The molecule has 0 radical (unpaired) electrons. The SMILES string of the molecule is CCC(CC)N(C)c1cc(CO)ccn1. The van der Waals surface area contributed by atoms with Crippen molar-refractivity contribution in [3.05, 3.63) is 23.9 Å². The molecule has 84 valence electrons. The van der Waals surface area contributed by atoms with Crippen LogP contribution >= 0.6 is 0 Å². The number of hydrogen-bond acceptors (Lipinski definition) is 3. The van der Waals surface area contributed by atoms with E-state index in [1.807, 2.05) is 12.1 Å². The minimum Gasteiger partial charge on any atom is -0.392 e. The average molecular weight is 208 g/mol. The molecule has 1 heterocycles. The summed E-state index contributed by atoms with van der Waals surface area (Å²) in [6.45, 7) is 4.44. The third-order valence-electron chi connectivity index (χ3n) is 2.84. The van der Waals surface area contributed by atoms with Crippen LogP contribution in [0.2, 0.25) is 0 Å². The maximum absolute atomic E-state index is 9.05. The molecule has 0 aliphatic heterocycles. The van der Waals surface area contributed by atoms with Gasteiger partial charge in [-0.2, -0.15) is 0 Å². The first-order chi connectivity index (χ1) is 7.22. The lowest BCUT2D eigenvalue weighted by molar-refractivity contribution is 0.281. The summed E-state index contributed by atoms with van der Waals surface area (Å²) >= 11 is 0. The molecule has 1 aromatic rings. The zero-order valence-electron chi connectivity index (χ0n) is 9.77. The van der Waals surface area contributed by atoms with Gasteiger partial charge < -0.3 is 10.0 Å². The van der Waals surface area contributed by atoms with Gasteiger partial charge in [-0.1, -0.05) is 13.8 Å². The van der Waals surface area contributed by atoms with Crippen LogP contribution < -0.4 is 4.90 Å². The molecule has 0 spiro atoms. The Bertz CT molecular complexity index is 297. The number of anilines is 1. The van der Waals surface area contributed by atoms with Crippen LogP contribution in [0.15, 0.2) is 18.3 Å². The van der Waals surface area contributed by atoms with Crippen LogP contribution in [-0.4, -0.2) is 23.2 Å². The summed E-state index contributed by atoms with van der Waals surface area (Å²) < 4.78 is 0. The second kappa shape index (κ2) is 5.71. The summed E-state index contributed by atoms with van der Waals surface area (Å²) in [5.74, 6) is 0.940. The number of pyridine rings is 1. The van der Waals surface area contributed by atoms with Crippen LogP contribution in [0.5, 0.6) is 0 Å². The van der Waals surface area contributed by atoms with E-state index in [0.717, 1.165) is 24.2 Å². The molecule has 0 fully saturated rings. The van der Waals surface area contributed by atoms with Gasteiger partial charge in [-0.15, -0.1) is 0 Å². The fraction of sp³-hybridized carbons (Fsp3) is 0.583. The largest absolute Gasteiger partial charge is 0.392 e. The van der Waals surface area contributed by atoms with Crippen LogP contribution in [0.1, 0.15) is 32.3 Å². The quantitative estimate of drug-likeness (QED) is 0.806. The molecule has 0 saturated heterocycles. The summed E-state index contributed by atoms with van der Waals surface area (Å²) in [4.78, 5) is 6.50. The first-order valence-corrected chi connectivity index (χ1v) is 5.51. The fourth-order valence-corrected chi connectivity index (χ4v) is 1.78. The lowest BCUT2D eigenvalue weighted by Gasteiger charge is -2.27. The van der Waals surface area contributed by atoms with Crippen LogP contribution in [0.3, 0.4) is 0 Å². The van der Waals surface area contributed by atoms with Gasteiger partial charge in [0, 0.05) is 19.3 Å². The molecule has 0 aliphatic rings. The van der Waals surface area contributed by atoms with Gasteiger partial charge in [0.1, 0.15) is 5.82 Å². The first-order valence-electron chi connectivity index (χ1n) is 5.51. The predicted octanol–water partition coefficient (Wildman–Crippen LogP) is 2.20. The molecule has 1 N–H and O–H groups in total. The van der Waals surface area contributed by atoms with E-state index in [0.29, 0.717) is 6.04 Å². The molecule has 0 aromatic carbocycles. The summed E-state index contributed by atoms with van der Waals surface area (Å²) in [6.07, 6.45) is 3.97. The molecule has 0 aliphatic carbocycles. The molecule has 0 bridgehead atoms. The molecule has 0 atom stereocenters. The van der Waals surface area contributed by atoms with Crippen LogP contribution in [0.25, 0.3) is 0 Å². The third-order valence-corrected chi connectivity index (χ3v) is 2.84. The van der Waals surface area contributed by atoms with Gasteiger partial charge in [-0.25, -0.2) is 4.98 Å². The van der Waals surface area contributed by atoms with Crippen molar-refractivity contribution in [2.24, 2.45) is 0 Å². The van der Waals surface area contributed by atoms with E-state index in [4.69, 9.17) is 5.11 Å². The van der Waals surface area contributed by atoms with Gasteiger partial charge >= 0.3 is 0 Å². The Morgan fingerprint density at radius 2 is 2.07 bits per heavy atom. The van der Waals surface area contributed by atoms with Crippen LogP contribution in [0.4, 0.5) is 5.82 Å². The highest BCUT2D eigenvalue weighted by molar-refractivity contribution is 5.40. The number of aromatic nitrogens is 1. The molecule has 1 rings (SSSR count). The summed E-state index contributed by atoms with van der Waals surface area (Å²) in [7, 11) is 2.06. The Morgan fingerprint density at radius 3 is 2.60 bits per heavy atom. The van der Waals surface area contributed by atoms with E-state index in [-0.39, 0.29) is 6.61 Å². The van der Waals surface area contributed by atoms with E-state index in [1.165, 1.54) is 0 Å². The number of hydrogen-bond donors (Lipinski definition) is 1. The molecule has 0 saturated carbocycles. The van der Waals surface area contributed by atoms with Gasteiger partial charge in [-0.3, -0.25) is 0 Å². The van der Waals surface area contributed by atoms with Crippen molar-refractivity contribution in [1.29, 1.82) is 0 Å². The van der Waals surface area contributed by atoms with Crippen molar-refractivity contribution in [3.8, 4) is 0 Å². The van der Waals surface area contributed by atoms with E-state index in [9.17, 15) is 0 Å². The number of aliphatic hydroxyl groups excluding tert-OH is 1. The Balaban J connectivity index is 2.84. The van der Waals surface area contributed by atoms with Crippen molar-refractivity contribution in [2.45, 2.75) is 39.3 Å². The van der Waals surface area contributed by atoms with Gasteiger partial charge in [0.15, 0.2) is 0 Å². The lowest BCUT2D eigenvalue weighted by Crippen LogP contribution is -2.31. The minimum atomic E-state index is 0.0757. The minimum absolute atomic E-state index is 0.0757. The molecule has 0 amide bonds. The highest BCUT2D eigenvalue weighted by Gasteiger charge is 2.12. The second-order valence-corrected chi connectivity index (χ2v) is 3.76.